The van der Waals surface area contributed by atoms with E-state index in [-0.39, 0.29) is 5.97 Å². The number of esters is 1. The van der Waals surface area contributed by atoms with Crippen molar-refractivity contribution in [3.63, 3.8) is 0 Å². The molecule has 2 rings (SSSR count). The Bertz CT molecular complexity index is 425. The van der Waals surface area contributed by atoms with Crippen molar-refractivity contribution in [3.05, 3.63) is 10.6 Å². The first-order chi connectivity index (χ1) is 8.61. The van der Waals surface area contributed by atoms with Crippen molar-refractivity contribution in [2.24, 2.45) is 5.92 Å². The van der Waals surface area contributed by atoms with Gasteiger partial charge in [-0.3, -0.25) is 0 Å². The SMILES string of the molecule is COC(=O)c1nc(N(C)CC2CCCC2)sc1C. The fraction of sp³-hybridized carbons (Fsp3) is 0.692. The third-order valence-electron chi connectivity index (χ3n) is 3.50. The van der Waals surface area contributed by atoms with Gasteiger partial charge in [-0.25, -0.2) is 9.78 Å². The first-order valence-corrected chi connectivity index (χ1v) is 7.20. The molecule has 1 saturated carbocycles. The molecule has 5 heteroatoms. The maximum Gasteiger partial charge on any atom is 0.357 e. The zero-order valence-corrected chi connectivity index (χ0v) is 12.0. The van der Waals surface area contributed by atoms with Gasteiger partial charge in [-0.15, -0.1) is 11.3 Å². The van der Waals surface area contributed by atoms with E-state index < -0.39 is 0 Å². The molecule has 0 saturated heterocycles. The van der Waals surface area contributed by atoms with E-state index in [2.05, 4.69) is 16.9 Å². The van der Waals surface area contributed by atoms with Crippen molar-refractivity contribution >= 4 is 22.4 Å². The molecule has 0 bridgehead atoms. The Morgan fingerprint density at radius 2 is 2.17 bits per heavy atom. The average Bonchev–Trinajstić information content (AvgIpc) is 2.97. The van der Waals surface area contributed by atoms with E-state index in [1.54, 1.807) is 11.3 Å². The zero-order chi connectivity index (χ0) is 13.1. The van der Waals surface area contributed by atoms with Gasteiger partial charge in [-0.05, 0) is 25.7 Å². The van der Waals surface area contributed by atoms with Crippen LogP contribution in [0.4, 0.5) is 5.13 Å². The molecule has 0 radical (unpaired) electrons. The van der Waals surface area contributed by atoms with Crippen molar-refractivity contribution in [3.8, 4) is 0 Å². The highest BCUT2D eigenvalue weighted by Crippen LogP contribution is 2.29. The van der Waals surface area contributed by atoms with Gasteiger partial charge in [0.05, 0.1) is 7.11 Å². The second-order valence-corrected chi connectivity index (χ2v) is 6.11. The molecule has 0 aliphatic heterocycles. The number of aryl methyl sites for hydroxylation is 1. The van der Waals surface area contributed by atoms with Crippen LogP contribution in [0.2, 0.25) is 0 Å². The van der Waals surface area contributed by atoms with Crippen LogP contribution in [0.15, 0.2) is 0 Å². The highest BCUT2D eigenvalue weighted by molar-refractivity contribution is 7.15. The summed E-state index contributed by atoms with van der Waals surface area (Å²) in [6.07, 6.45) is 5.34. The summed E-state index contributed by atoms with van der Waals surface area (Å²) >= 11 is 1.56. The van der Waals surface area contributed by atoms with Crippen molar-refractivity contribution in [2.45, 2.75) is 32.6 Å². The van der Waals surface area contributed by atoms with Gasteiger partial charge in [-0.2, -0.15) is 0 Å². The van der Waals surface area contributed by atoms with E-state index in [0.29, 0.717) is 5.69 Å². The smallest absolute Gasteiger partial charge is 0.357 e. The average molecular weight is 268 g/mol. The molecule has 1 aromatic heterocycles. The van der Waals surface area contributed by atoms with Crippen LogP contribution in [0, 0.1) is 12.8 Å². The Kier molecular flexibility index (Phi) is 4.22. The van der Waals surface area contributed by atoms with Crippen LogP contribution in [0.1, 0.15) is 41.0 Å². The van der Waals surface area contributed by atoms with E-state index >= 15 is 0 Å². The Morgan fingerprint density at radius 1 is 1.50 bits per heavy atom. The number of hydrogen-bond acceptors (Lipinski definition) is 5. The largest absolute Gasteiger partial charge is 0.464 e. The van der Waals surface area contributed by atoms with E-state index in [0.717, 1.165) is 22.5 Å². The molecule has 1 aliphatic carbocycles. The lowest BCUT2D eigenvalue weighted by molar-refractivity contribution is 0.0594. The number of carbonyl (C=O) groups is 1. The summed E-state index contributed by atoms with van der Waals surface area (Å²) < 4.78 is 4.73. The number of hydrogen-bond donors (Lipinski definition) is 0. The molecular weight excluding hydrogens is 248 g/mol. The van der Waals surface area contributed by atoms with E-state index in [9.17, 15) is 4.79 Å². The van der Waals surface area contributed by atoms with Crippen LogP contribution >= 0.6 is 11.3 Å². The summed E-state index contributed by atoms with van der Waals surface area (Å²) in [5, 5.41) is 0.916. The van der Waals surface area contributed by atoms with Gasteiger partial charge in [0.2, 0.25) is 0 Å². The van der Waals surface area contributed by atoms with E-state index in [1.165, 1.54) is 32.8 Å². The monoisotopic (exact) mass is 268 g/mol. The fourth-order valence-corrected chi connectivity index (χ4v) is 3.36. The van der Waals surface area contributed by atoms with Crippen LogP contribution in [-0.2, 0) is 4.74 Å². The number of anilines is 1. The van der Waals surface area contributed by atoms with E-state index in [4.69, 9.17) is 4.74 Å². The summed E-state index contributed by atoms with van der Waals surface area (Å²) in [6, 6.07) is 0. The molecule has 0 N–H and O–H groups in total. The molecule has 1 aliphatic rings. The molecule has 4 nitrogen and oxygen atoms in total. The number of carbonyl (C=O) groups excluding carboxylic acids is 1. The molecule has 0 unspecified atom stereocenters. The number of aromatic nitrogens is 1. The molecule has 0 spiro atoms. The first kappa shape index (κ1) is 13.3. The van der Waals surface area contributed by atoms with Crippen LogP contribution in [-0.4, -0.2) is 31.7 Å². The maximum atomic E-state index is 11.5. The number of rotatable bonds is 4. The van der Waals surface area contributed by atoms with Gasteiger partial charge in [-0.1, -0.05) is 12.8 Å². The molecular formula is C13H20N2O2S. The van der Waals surface area contributed by atoms with Gasteiger partial charge in [0.25, 0.3) is 0 Å². The van der Waals surface area contributed by atoms with Gasteiger partial charge in [0.15, 0.2) is 10.8 Å². The standard InChI is InChI=1S/C13H20N2O2S/c1-9-11(12(16)17-3)14-13(18-9)15(2)8-10-6-4-5-7-10/h10H,4-8H2,1-3H3. The van der Waals surface area contributed by atoms with Crippen molar-refractivity contribution < 1.29 is 9.53 Å². The summed E-state index contributed by atoms with van der Waals surface area (Å²) in [5.41, 5.74) is 0.454. The van der Waals surface area contributed by atoms with Gasteiger partial charge >= 0.3 is 5.97 Å². The van der Waals surface area contributed by atoms with Crippen molar-refractivity contribution in [1.82, 2.24) is 4.98 Å². The Labute approximate surface area is 112 Å². The second-order valence-electron chi connectivity index (χ2n) is 4.92. The summed E-state index contributed by atoms with van der Waals surface area (Å²) in [7, 11) is 3.45. The summed E-state index contributed by atoms with van der Waals surface area (Å²) in [4.78, 5) is 19.0. The molecule has 1 heterocycles. The summed E-state index contributed by atoms with van der Waals surface area (Å²) in [6.45, 7) is 2.95. The highest BCUT2D eigenvalue weighted by Gasteiger charge is 2.21. The Hall–Kier alpha value is -1.10. The highest BCUT2D eigenvalue weighted by atomic mass is 32.1. The zero-order valence-electron chi connectivity index (χ0n) is 11.2. The third-order valence-corrected chi connectivity index (χ3v) is 4.58. The second kappa shape index (κ2) is 5.69. The fourth-order valence-electron chi connectivity index (χ4n) is 2.49. The molecule has 0 amide bonds. The van der Waals surface area contributed by atoms with Crippen LogP contribution < -0.4 is 4.90 Å². The molecule has 0 atom stereocenters. The van der Waals surface area contributed by atoms with E-state index in [1.807, 2.05) is 6.92 Å². The lowest BCUT2D eigenvalue weighted by Crippen LogP contribution is -2.23. The lowest BCUT2D eigenvalue weighted by Gasteiger charge is -2.19. The van der Waals surface area contributed by atoms with Crippen molar-refractivity contribution in [1.29, 1.82) is 0 Å². The van der Waals surface area contributed by atoms with Crippen molar-refractivity contribution in [2.75, 3.05) is 25.6 Å². The molecule has 1 aromatic rings. The number of nitrogens with zero attached hydrogens (tertiary/aromatic N) is 2. The predicted octanol–water partition coefficient (Wildman–Crippen LogP) is 2.86. The minimum Gasteiger partial charge on any atom is -0.464 e. The van der Waals surface area contributed by atoms with Crippen LogP contribution in [0.25, 0.3) is 0 Å². The quantitative estimate of drug-likeness (QED) is 0.787. The topological polar surface area (TPSA) is 42.4 Å². The lowest BCUT2D eigenvalue weighted by atomic mass is 10.1. The maximum absolute atomic E-state index is 11.5. The Balaban J connectivity index is 2.05. The number of thiazole rings is 1. The number of methoxy groups -OCH3 is 1. The molecule has 0 aromatic carbocycles. The normalized spacial score (nSPS) is 15.9. The molecule has 18 heavy (non-hydrogen) atoms. The van der Waals surface area contributed by atoms with Gasteiger partial charge < -0.3 is 9.64 Å². The third kappa shape index (κ3) is 2.83. The molecule has 1 fully saturated rings. The van der Waals surface area contributed by atoms with Crippen LogP contribution in [0.3, 0.4) is 0 Å². The number of ether oxygens (including phenoxy) is 1. The van der Waals surface area contributed by atoms with Crippen LogP contribution in [0.5, 0.6) is 0 Å². The van der Waals surface area contributed by atoms with Gasteiger partial charge in [0.1, 0.15) is 0 Å². The van der Waals surface area contributed by atoms with Gasteiger partial charge in [0, 0.05) is 18.5 Å². The Morgan fingerprint density at radius 3 is 2.78 bits per heavy atom. The summed E-state index contributed by atoms with van der Waals surface area (Å²) in [5.74, 6) is 0.435. The predicted molar refractivity (Wildman–Crippen MR) is 73.4 cm³/mol. The molecule has 100 valence electrons. The minimum atomic E-state index is -0.343. The first-order valence-electron chi connectivity index (χ1n) is 6.38. The minimum absolute atomic E-state index is 0.343.